The van der Waals surface area contributed by atoms with Gasteiger partial charge in [0, 0.05) is 14.2 Å². The van der Waals surface area contributed by atoms with Gasteiger partial charge in [0.1, 0.15) is 0 Å². The fraction of sp³-hybridized carbons (Fsp3) is 0.344. The number of rotatable bonds is 10. The zero-order valence-corrected chi connectivity index (χ0v) is 25.0. The van der Waals surface area contributed by atoms with Gasteiger partial charge in [0.15, 0.2) is 0 Å². The van der Waals surface area contributed by atoms with Gasteiger partial charge in [0.05, 0.1) is 0 Å². The van der Waals surface area contributed by atoms with Crippen molar-refractivity contribution in [1.29, 1.82) is 0 Å². The molecule has 2 atom stereocenters. The van der Waals surface area contributed by atoms with Crippen LogP contribution in [0.3, 0.4) is 0 Å². The molecule has 1 heterocycles. The molecule has 0 aliphatic rings. The number of aryl methyl sites for hydroxylation is 1. The van der Waals surface area contributed by atoms with Crippen molar-refractivity contribution in [2.45, 2.75) is 66.7 Å². The molecular weight excluding hydrogens is 528 g/mol. The summed E-state index contributed by atoms with van der Waals surface area (Å²) in [6.07, 6.45) is 5.53. The SMILES string of the molecule is CCC(=S)c1ccc(C(C)=C(C)C(C)/C=C(/CC(C)c2ccc(Br)cc2)c2sccc2CC)cc1. The van der Waals surface area contributed by atoms with Crippen LogP contribution in [0.1, 0.15) is 87.4 Å². The predicted molar refractivity (Wildman–Crippen MR) is 165 cm³/mol. The second-order valence-corrected chi connectivity index (χ2v) is 11.8. The molecule has 0 nitrogen and oxygen atoms in total. The number of thiophene rings is 1. The molecule has 35 heavy (non-hydrogen) atoms. The van der Waals surface area contributed by atoms with Gasteiger partial charge in [-0.3, -0.25) is 0 Å². The second kappa shape index (κ2) is 12.9. The van der Waals surface area contributed by atoms with Crippen LogP contribution in [-0.4, -0.2) is 4.86 Å². The zero-order chi connectivity index (χ0) is 25.5. The van der Waals surface area contributed by atoms with Crippen LogP contribution < -0.4 is 0 Å². The summed E-state index contributed by atoms with van der Waals surface area (Å²) >= 11 is 10.9. The summed E-state index contributed by atoms with van der Waals surface area (Å²) in [7, 11) is 0. The van der Waals surface area contributed by atoms with Crippen LogP contribution in [0, 0.1) is 5.92 Å². The van der Waals surface area contributed by atoms with E-state index in [0.717, 1.165) is 28.6 Å². The monoisotopic (exact) mass is 564 g/mol. The Morgan fingerprint density at radius 2 is 1.57 bits per heavy atom. The molecule has 1 aromatic heterocycles. The molecule has 0 saturated carbocycles. The zero-order valence-electron chi connectivity index (χ0n) is 21.8. The summed E-state index contributed by atoms with van der Waals surface area (Å²) in [4.78, 5) is 2.48. The van der Waals surface area contributed by atoms with E-state index in [1.807, 2.05) is 11.3 Å². The van der Waals surface area contributed by atoms with Gasteiger partial charge in [0.2, 0.25) is 0 Å². The Balaban J connectivity index is 1.93. The first-order valence-electron chi connectivity index (χ1n) is 12.6. The third-order valence-electron chi connectivity index (χ3n) is 7.07. The number of allylic oxidation sites excluding steroid dienone is 4. The average molecular weight is 566 g/mol. The molecule has 2 aromatic carbocycles. The Morgan fingerprint density at radius 3 is 2.17 bits per heavy atom. The van der Waals surface area contributed by atoms with Crippen molar-refractivity contribution in [1.82, 2.24) is 0 Å². The van der Waals surface area contributed by atoms with Crippen molar-refractivity contribution < 1.29 is 0 Å². The highest BCUT2D eigenvalue weighted by molar-refractivity contribution is 9.10. The lowest BCUT2D eigenvalue weighted by atomic mass is 9.87. The Labute approximate surface area is 230 Å². The van der Waals surface area contributed by atoms with E-state index in [4.69, 9.17) is 12.2 Å². The van der Waals surface area contributed by atoms with Crippen LogP contribution >= 0.6 is 39.5 Å². The largest absolute Gasteiger partial charge is 0.144 e. The van der Waals surface area contributed by atoms with Crippen molar-refractivity contribution in [2.75, 3.05) is 0 Å². The first-order chi connectivity index (χ1) is 16.7. The topological polar surface area (TPSA) is 0 Å². The number of halogens is 1. The highest BCUT2D eigenvalue weighted by atomic mass is 79.9. The first-order valence-corrected chi connectivity index (χ1v) is 14.7. The third kappa shape index (κ3) is 7.12. The van der Waals surface area contributed by atoms with Gasteiger partial charge in [0.25, 0.3) is 0 Å². The van der Waals surface area contributed by atoms with Gasteiger partial charge in [-0.1, -0.05) is 104 Å². The summed E-state index contributed by atoms with van der Waals surface area (Å²) < 4.78 is 1.13. The molecule has 0 N–H and O–H groups in total. The Hall–Kier alpha value is -1.81. The number of hydrogen-bond donors (Lipinski definition) is 0. The number of thiocarbonyl (C=S) groups is 1. The molecule has 0 spiro atoms. The fourth-order valence-corrected chi connectivity index (χ4v) is 5.91. The van der Waals surface area contributed by atoms with Crippen LogP contribution in [0.2, 0.25) is 0 Å². The number of hydrogen-bond acceptors (Lipinski definition) is 2. The molecule has 184 valence electrons. The molecule has 0 aliphatic carbocycles. The lowest BCUT2D eigenvalue weighted by Crippen LogP contribution is -2.01. The minimum absolute atomic E-state index is 0.352. The van der Waals surface area contributed by atoms with E-state index < -0.39 is 0 Å². The average Bonchev–Trinajstić information content (AvgIpc) is 3.36. The smallest absolute Gasteiger partial charge is 0.0331 e. The molecule has 3 rings (SSSR count). The van der Waals surface area contributed by atoms with Crippen molar-refractivity contribution in [3.05, 3.63) is 103 Å². The Bertz CT molecular complexity index is 1190. The molecule has 0 aliphatic heterocycles. The Kier molecular flexibility index (Phi) is 10.3. The maximum absolute atomic E-state index is 5.49. The molecule has 3 aromatic rings. The maximum Gasteiger partial charge on any atom is 0.0331 e. The molecule has 3 heteroatoms. The third-order valence-corrected chi connectivity index (χ3v) is 9.16. The van der Waals surface area contributed by atoms with E-state index in [1.54, 1.807) is 0 Å². The highest BCUT2D eigenvalue weighted by Gasteiger charge is 2.17. The normalized spacial score (nSPS) is 14.4. The summed E-state index contributed by atoms with van der Waals surface area (Å²) in [5.74, 6) is 0.805. The standard InChI is InChI=1S/C32H37BrS2/c1-7-25-17-18-35-32(25)29(20-22(4)26-13-15-30(33)16-14-26)19-21(3)23(5)24(6)27-9-11-28(12-10-27)31(34)8-2/h9-19,21-22H,7-8,20H2,1-6H3/b24-23?,29-19-. The molecule has 0 radical (unpaired) electrons. The van der Waals surface area contributed by atoms with Crippen LogP contribution in [0.4, 0.5) is 0 Å². The van der Waals surface area contributed by atoms with E-state index in [1.165, 1.54) is 43.9 Å². The van der Waals surface area contributed by atoms with E-state index in [-0.39, 0.29) is 0 Å². The summed E-state index contributed by atoms with van der Waals surface area (Å²) in [6, 6.07) is 19.9. The van der Waals surface area contributed by atoms with Crippen LogP contribution in [-0.2, 0) is 6.42 Å². The molecular formula is C32H37BrS2. The molecule has 0 bridgehead atoms. The molecule has 0 saturated heterocycles. The summed E-state index contributed by atoms with van der Waals surface area (Å²) in [5.41, 5.74) is 9.52. The van der Waals surface area contributed by atoms with E-state index in [9.17, 15) is 0 Å². The predicted octanol–water partition coefficient (Wildman–Crippen LogP) is 10.9. The fourth-order valence-electron chi connectivity index (χ4n) is 4.48. The molecule has 0 fully saturated rings. The quantitative estimate of drug-likeness (QED) is 0.174. The second-order valence-electron chi connectivity index (χ2n) is 9.43. The van der Waals surface area contributed by atoms with Crippen LogP contribution in [0.5, 0.6) is 0 Å². The maximum atomic E-state index is 5.49. The van der Waals surface area contributed by atoms with Gasteiger partial charge in [-0.05, 0) is 102 Å². The minimum atomic E-state index is 0.352. The van der Waals surface area contributed by atoms with E-state index in [0.29, 0.717) is 11.8 Å². The molecule has 0 amide bonds. The highest BCUT2D eigenvalue weighted by Crippen LogP contribution is 2.37. The van der Waals surface area contributed by atoms with E-state index in [2.05, 4.69) is 124 Å². The van der Waals surface area contributed by atoms with Crippen molar-refractivity contribution in [3.8, 4) is 0 Å². The van der Waals surface area contributed by atoms with Crippen LogP contribution in [0.15, 0.2) is 76.1 Å². The first kappa shape index (κ1) is 27.8. The van der Waals surface area contributed by atoms with Crippen LogP contribution in [0.25, 0.3) is 11.1 Å². The van der Waals surface area contributed by atoms with Gasteiger partial charge in [-0.15, -0.1) is 11.3 Å². The van der Waals surface area contributed by atoms with Gasteiger partial charge >= 0.3 is 0 Å². The minimum Gasteiger partial charge on any atom is -0.144 e. The molecule has 2 unspecified atom stereocenters. The number of benzene rings is 2. The van der Waals surface area contributed by atoms with Crippen molar-refractivity contribution >= 4 is 55.5 Å². The summed E-state index contributed by atoms with van der Waals surface area (Å²) in [6.45, 7) is 13.6. The Morgan fingerprint density at radius 1 is 0.943 bits per heavy atom. The van der Waals surface area contributed by atoms with Crippen molar-refractivity contribution in [2.24, 2.45) is 5.92 Å². The van der Waals surface area contributed by atoms with Gasteiger partial charge in [-0.2, -0.15) is 0 Å². The van der Waals surface area contributed by atoms with Gasteiger partial charge < -0.3 is 0 Å². The lowest BCUT2D eigenvalue weighted by Gasteiger charge is -2.19. The summed E-state index contributed by atoms with van der Waals surface area (Å²) in [5, 5.41) is 2.24. The van der Waals surface area contributed by atoms with E-state index >= 15 is 0 Å². The van der Waals surface area contributed by atoms with Gasteiger partial charge in [-0.25, -0.2) is 0 Å². The lowest BCUT2D eigenvalue weighted by molar-refractivity contribution is 0.781. The van der Waals surface area contributed by atoms with Crippen molar-refractivity contribution in [3.63, 3.8) is 0 Å².